The van der Waals surface area contributed by atoms with Gasteiger partial charge in [0.15, 0.2) is 11.3 Å². The van der Waals surface area contributed by atoms with Crippen LogP contribution in [0, 0.1) is 0 Å². The van der Waals surface area contributed by atoms with Crippen molar-refractivity contribution in [1.29, 1.82) is 0 Å². The molecule has 6 nitrogen and oxygen atoms in total. The molecule has 0 spiro atoms. The summed E-state index contributed by atoms with van der Waals surface area (Å²) in [7, 11) is 0. The third-order valence-electron chi connectivity index (χ3n) is 1.58. The highest BCUT2D eigenvalue weighted by atomic mass is 32.1. The minimum absolute atomic E-state index is 0.146. The lowest BCUT2D eigenvalue weighted by molar-refractivity contribution is 0.0701. The molecule has 72 valence electrons. The zero-order valence-electron chi connectivity index (χ0n) is 6.88. The van der Waals surface area contributed by atoms with Crippen molar-refractivity contribution in [3.63, 3.8) is 0 Å². The SMILES string of the molecule is O=C(O)c1snnc1Cc1cocn1. The van der Waals surface area contributed by atoms with Crippen LogP contribution in [0.3, 0.4) is 0 Å². The number of rotatable bonds is 3. The van der Waals surface area contributed by atoms with Crippen molar-refractivity contribution in [2.75, 3.05) is 0 Å². The average Bonchev–Trinajstić information content (AvgIpc) is 2.75. The molecule has 2 aromatic rings. The van der Waals surface area contributed by atoms with Crippen molar-refractivity contribution in [3.8, 4) is 0 Å². The summed E-state index contributed by atoms with van der Waals surface area (Å²) >= 11 is 0.860. The van der Waals surface area contributed by atoms with Crippen molar-refractivity contribution in [1.82, 2.24) is 14.6 Å². The van der Waals surface area contributed by atoms with Crippen LogP contribution in [-0.2, 0) is 6.42 Å². The van der Waals surface area contributed by atoms with Gasteiger partial charge in [-0.15, -0.1) is 5.10 Å². The molecule has 0 saturated heterocycles. The predicted molar refractivity (Wildman–Crippen MR) is 46.2 cm³/mol. The molecule has 0 aromatic carbocycles. The first-order valence-corrected chi connectivity index (χ1v) is 4.46. The maximum Gasteiger partial charge on any atom is 0.349 e. The Balaban J connectivity index is 2.25. The van der Waals surface area contributed by atoms with E-state index >= 15 is 0 Å². The van der Waals surface area contributed by atoms with Crippen molar-refractivity contribution >= 4 is 17.5 Å². The number of aromatic nitrogens is 3. The summed E-state index contributed by atoms with van der Waals surface area (Å²) in [5.41, 5.74) is 1.05. The average molecular weight is 211 g/mol. The first-order valence-electron chi connectivity index (χ1n) is 3.69. The van der Waals surface area contributed by atoms with Gasteiger partial charge in [-0.1, -0.05) is 4.49 Å². The minimum Gasteiger partial charge on any atom is -0.477 e. The molecule has 2 rings (SSSR count). The van der Waals surface area contributed by atoms with Crippen LogP contribution in [0.1, 0.15) is 21.1 Å². The Morgan fingerprint density at radius 3 is 3.14 bits per heavy atom. The molecule has 14 heavy (non-hydrogen) atoms. The van der Waals surface area contributed by atoms with Crippen molar-refractivity contribution < 1.29 is 14.3 Å². The number of carboxylic acid groups (broad SMARTS) is 1. The van der Waals surface area contributed by atoms with Gasteiger partial charge in [-0.05, 0) is 11.5 Å². The molecule has 0 unspecified atom stereocenters. The smallest absolute Gasteiger partial charge is 0.349 e. The summed E-state index contributed by atoms with van der Waals surface area (Å²) in [6, 6.07) is 0. The van der Waals surface area contributed by atoms with Gasteiger partial charge in [-0.2, -0.15) is 0 Å². The lowest BCUT2D eigenvalue weighted by Crippen LogP contribution is -2.00. The monoisotopic (exact) mass is 211 g/mol. The molecule has 1 N–H and O–H groups in total. The molecule has 0 atom stereocenters. The number of hydrogen-bond donors (Lipinski definition) is 1. The zero-order chi connectivity index (χ0) is 9.97. The van der Waals surface area contributed by atoms with Crippen LogP contribution in [0.15, 0.2) is 17.1 Å². The second-order valence-electron chi connectivity index (χ2n) is 2.51. The first kappa shape index (κ1) is 8.82. The van der Waals surface area contributed by atoms with Gasteiger partial charge in [-0.3, -0.25) is 0 Å². The van der Waals surface area contributed by atoms with E-state index in [9.17, 15) is 4.79 Å². The maximum absolute atomic E-state index is 10.7. The van der Waals surface area contributed by atoms with Gasteiger partial charge in [0, 0.05) is 6.42 Å². The third-order valence-corrected chi connectivity index (χ3v) is 2.34. The fraction of sp³-hybridized carbons (Fsp3) is 0.143. The van der Waals surface area contributed by atoms with Crippen LogP contribution in [0.2, 0.25) is 0 Å². The van der Waals surface area contributed by atoms with E-state index in [1.54, 1.807) is 0 Å². The largest absolute Gasteiger partial charge is 0.477 e. The molecule has 2 aromatic heterocycles. The highest BCUT2D eigenvalue weighted by Crippen LogP contribution is 2.13. The Labute approximate surface area is 82.4 Å². The Morgan fingerprint density at radius 2 is 2.50 bits per heavy atom. The number of aromatic carboxylic acids is 1. The Kier molecular flexibility index (Phi) is 2.23. The molecule has 0 aliphatic carbocycles. The van der Waals surface area contributed by atoms with Gasteiger partial charge < -0.3 is 9.52 Å². The fourth-order valence-electron chi connectivity index (χ4n) is 0.983. The van der Waals surface area contributed by atoms with E-state index < -0.39 is 5.97 Å². The topological polar surface area (TPSA) is 89.1 Å². The van der Waals surface area contributed by atoms with Gasteiger partial charge >= 0.3 is 5.97 Å². The second kappa shape index (κ2) is 3.54. The van der Waals surface area contributed by atoms with Gasteiger partial charge in [0.25, 0.3) is 0 Å². The van der Waals surface area contributed by atoms with Gasteiger partial charge in [0.1, 0.15) is 6.26 Å². The van der Waals surface area contributed by atoms with E-state index in [4.69, 9.17) is 9.52 Å². The minimum atomic E-state index is -1.02. The van der Waals surface area contributed by atoms with Crippen molar-refractivity contribution in [2.45, 2.75) is 6.42 Å². The molecule has 7 heteroatoms. The van der Waals surface area contributed by atoms with Crippen LogP contribution < -0.4 is 0 Å². The summed E-state index contributed by atoms with van der Waals surface area (Å²) < 4.78 is 8.34. The van der Waals surface area contributed by atoms with Crippen molar-refractivity contribution in [3.05, 3.63) is 28.9 Å². The summed E-state index contributed by atoms with van der Waals surface area (Å²) in [6.45, 7) is 0. The van der Waals surface area contributed by atoms with E-state index in [1.807, 2.05) is 0 Å². The molecule has 0 amide bonds. The summed E-state index contributed by atoms with van der Waals surface area (Å²) in [5.74, 6) is -1.02. The second-order valence-corrected chi connectivity index (χ2v) is 3.26. The van der Waals surface area contributed by atoms with Crippen LogP contribution in [-0.4, -0.2) is 25.6 Å². The van der Waals surface area contributed by atoms with Crippen LogP contribution in [0.5, 0.6) is 0 Å². The summed E-state index contributed by atoms with van der Waals surface area (Å²) in [4.78, 5) is 14.7. The van der Waals surface area contributed by atoms with Crippen LogP contribution in [0.4, 0.5) is 0 Å². The molecule has 0 aliphatic rings. The quantitative estimate of drug-likeness (QED) is 0.808. The summed E-state index contributed by atoms with van der Waals surface area (Å²) in [5, 5.41) is 12.5. The van der Waals surface area contributed by atoms with Crippen molar-refractivity contribution in [2.24, 2.45) is 0 Å². The van der Waals surface area contributed by atoms with Gasteiger partial charge in [0.05, 0.1) is 11.4 Å². The molecular formula is C7H5N3O3S. The Morgan fingerprint density at radius 1 is 1.64 bits per heavy atom. The number of carboxylic acids is 1. The van der Waals surface area contributed by atoms with Crippen LogP contribution in [0.25, 0.3) is 0 Å². The lowest BCUT2D eigenvalue weighted by atomic mass is 10.2. The van der Waals surface area contributed by atoms with E-state index in [2.05, 4.69) is 14.6 Å². The van der Waals surface area contributed by atoms with E-state index in [0.717, 1.165) is 11.5 Å². The van der Waals surface area contributed by atoms with Gasteiger partial charge in [0.2, 0.25) is 0 Å². The Bertz CT molecular complexity index is 437. The standard InChI is InChI=1S/C7H5N3O3S/c11-7(12)6-5(9-10-14-6)1-4-2-13-3-8-4/h2-3H,1H2,(H,11,12). The molecule has 0 bridgehead atoms. The fourth-order valence-corrected chi connectivity index (χ4v) is 1.50. The van der Waals surface area contributed by atoms with Crippen LogP contribution >= 0.6 is 11.5 Å². The highest BCUT2D eigenvalue weighted by molar-refractivity contribution is 7.07. The van der Waals surface area contributed by atoms with E-state index in [-0.39, 0.29) is 4.88 Å². The molecule has 0 saturated carbocycles. The summed E-state index contributed by atoms with van der Waals surface area (Å²) in [6.07, 6.45) is 3.06. The number of oxazole rings is 1. The normalized spacial score (nSPS) is 10.3. The molecule has 0 radical (unpaired) electrons. The number of carbonyl (C=O) groups is 1. The number of hydrogen-bond acceptors (Lipinski definition) is 6. The highest BCUT2D eigenvalue weighted by Gasteiger charge is 2.15. The third kappa shape index (κ3) is 1.62. The first-order chi connectivity index (χ1) is 6.77. The predicted octanol–water partition coefficient (Wildman–Crippen LogP) is 0.815. The maximum atomic E-state index is 10.7. The zero-order valence-corrected chi connectivity index (χ0v) is 7.69. The van der Waals surface area contributed by atoms with E-state index in [0.29, 0.717) is 17.8 Å². The Hall–Kier alpha value is -1.76. The molecule has 0 fully saturated rings. The lowest BCUT2D eigenvalue weighted by Gasteiger charge is -1.91. The van der Waals surface area contributed by atoms with Gasteiger partial charge in [-0.25, -0.2) is 9.78 Å². The molecule has 2 heterocycles. The molecular weight excluding hydrogens is 206 g/mol. The number of nitrogens with zero attached hydrogens (tertiary/aromatic N) is 3. The molecule has 0 aliphatic heterocycles. The van der Waals surface area contributed by atoms with E-state index in [1.165, 1.54) is 12.7 Å².